The summed E-state index contributed by atoms with van der Waals surface area (Å²) >= 11 is 0. The van der Waals surface area contributed by atoms with E-state index in [-0.39, 0.29) is 12.2 Å². The molecule has 2 rings (SSSR count). The molecular formula is C14H15NO4. The molecule has 0 aliphatic rings. The van der Waals surface area contributed by atoms with E-state index in [0.717, 1.165) is 17.0 Å². The van der Waals surface area contributed by atoms with Crippen molar-refractivity contribution in [2.45, 2.75) is 27.4 Å². The quantitative estimate of drug-likeness (QED) is 0.916. The molecule has 0 aliphatic heterocycles. The molecule has 1 heterocycles. The minimum Gasteiger partial charge on any atom is -0.484 e. The van der Waals surface area contributed by atoms with Crippen LogP contribution in [0.4, 0.5) is 0 Å². The molecule has 0 unspecified atom stereocenters. The largest absolute Gasteiger partial charge is 0.484 e. The van der Waals surface area contributed by atoms with E-state index < -0.39 is 5.97 Å². The van der Waals surface area contributed by atoms with Gasteiger partial charge < -0.3 is 14.3 Å². The monoisotopic (exact) mass is 261 g/mol. The Morgan fingerprint density at radius 3 is 2.63 bits per heavy atom. The summed E-state index contributed by atoms with van der Waals surface area (Å²) < 4.78 is 11.0. The van der Waals surface area contributed by atoms with Crippen molar-refractivity contribution in [1.82, 2.24) is 4.98 Å². The number of aromatic nitrogens is 1. The van der Waals surface area contributed by atoms with Crippen LogP contribution >= 0.6 is 0 Å². The summed E-state index contributed by atoms with van der Waals surface area (Å²) in [4.78, 5) is 15.0. The van der Waals surface area contributed by atoms with Crippen LogP contribution in [-0.4, -0.2) is 16.1 Å². The Morgan fingerprint density at radius 1 is 1.37 bits per heavy atom. The zero-order valence-electron chi connectivity index (χ0n) is 11.1. The van der Waals surface area contributed by atoms with E-state index in [1.165, 1.54) is 6.07 Å². The fourth-order valence-corrected chi connectivity index (χ4v) is 1.68. The van der Waals surface area contributed by atoms with E-state index in [1.54, 1.807) is 19.1 Å². The molecule has 19 heavy (non-hydrogen) atoms. The van der Waals surface area contributed by atoms with Crippen molar-refractivity contribution >= 4 is 5.97 Å². The van der Waals surface area contributed by atoms with Gasteiger partial charge in [0.2, 0.25) is 5.89 Å². The first-order chi connectivity index (χ1) is 8.97. The predicted octanol–water partition coefficient (Wildman–Crippen LogP) is 2.88. The van der Waals surface area contributed by atoms with E-state index in [1.807, 2.05) is 13.8 Å². The topological polar surface area (TPSA) is 72.6 Å². The molecule has 1 N–H and O–H groups in total. The molecular weight excluding hydrogens is 246 g/mol. The maximum atomic E-state index is 10.8. The lowest BCUT2D eigenvalue weighted by Gasteiger charge is -2.07. The van der Waals surface area contributed by atoms with E-state index in [9.17, 15) is 4.79 Å². The first-order valence-electron chi connectivity index (χ1n) is 5.87. The van der Waals surface area contributed by atoms with E-state index in [0.29, 0.717) is 11.6 Å². The smallest absolute Gasteiger partial charge is 0.335 e. The summed E-state index contributed by atoms with van der Waals surface area (Å²) in [5.41, 5.74) is 1.85. The lowest BCUT2D eigenvalue weighted by molar-refractivity contribution is 0.0696. The van der Waals surface area contributed by atoms with Crippen molar-refractivity contribution in [3.05, 3.63) is 46.7 Å². The number of carboxylic acids is 1. The zero-order valence-corrected chi connectivity index (χ0v) is 11.1. The molecule has 0 saturated heterocycles. The Hall–Kier alpha value is -2.30. The average Bonchev–Trinajstić information content (AvgIpc) is 2.67. The van der Waals surface area contributed by atoms with Crippen molar-refractivity contribution < 1.29 is 19.1 Å². The molecule has 1 aromatic carbocycles. The maximum absolute atomic E-state index is 10.8. The molecule has 5 heteroatoms. The van der Waals surface area contributed by atoms with Crippen LogP contribution in [0.1, 0.15) is 33.3 Å². The van der Waals surface area contributed by atoms with Crippen molar-refractivity contribution in [2.24, 2.45) is 0 Å². The average molecular weight is 261 g/mol. The lowest BCUT2D eigenvalue weighted by atomic mass is 10.1. The number of rotatable bonds is 4. The van der Waals surface area contributed by atoms with Crippen LogP contribution in [0.5, 0.6) is 5.75 Å². The number of oxazole rings is 1. The van der Waals surface area contributed by atoms with Crippen LogP contribution in [0, 0.1) is 20.8 Å². The number of aromatic carboxylic acids is 1. The van der Waals surface area contributed by atoms with Crippen LogP contribution in [0.15, 0.2) is 22.6 Å². The summed E-state index contributed by atoms with van der Waals surface area (Å²) in [6, 6.07) is 4.72. The second-order valence-corrected chi connectivity index (χ2v) is 4.32. The second kappa shape index (κ2) is 5.14. The van der Waals surface area contributed by atoms with Gasteiger partial charge >= 0.3 is 5.97 Å². The Labute approximate surface area is 110 Å². The minimum absolute atomic E-state index is 0.224. The van der Waals surface area contributed by atoms with E-state index in [2.05, 4.69) is 4.98 Å². The Bertz CT molecular complexity index is 596. The van der Waals surface area contributed by atoms with Gasteiger partial charge in [0.05, 0.1) is 11.3 Å². The number of aryl methyl sites for hydroxylation is 3. The highest BCUT2D eigenvalue weighted by molar-refractivity contribution is 5.88. The van der Waals surface area contributed by atoms with Gasteiger partial charge in [-0.25, -0.2) is 9.78 Å². The highest BCUT2D eigenvalue weighted by Gasteiger charge is 2.09. The van der Waals surface area contributed by atoms with E-state index in [4.69, 9.17) is 14.3 Å². The standard InChI is InChI=1S/C14H15NO4/c1-8-6-11(14(16)17)4-5-12(8)18-7-13-15-9(2)10(3)19-13/h4-6H,7H2,1-3H3,(H,16,17). The van der Waals surface area contributed by atoms with Crippen LogP contribution in [-0.2, 0) is 6.61 Å². The number of hydrogen-bond acceptors (Lipinski definition) is 4. The number of hydrogen-bond donors (Lipinski definition) is 1. The SMILES string of the molecule is Cc1cc(C(=O)O)ccc1OCc1nc(C)c(C)o1. The lowest BCUT2D eigenvalue weighted by Crippen LogP contribution is -2.00. The molecule has 5 nitrogen and oxygen atoms in total. The molecule has 0 spiro atoms. The highest BCUT2D eigenvalue weighted by atomic mass is 16.5. The van der Waals surface area contributed by atoms with Gasteiger partial charge in [-0.05, 0) is 44.5 Å². The highest BCUT2D eigenvalue weighted by Crippen LogP contribution is 2.20. The van der Waals surface area contributed by atoms with Gasteiger partial charge in [0, 0.05) is 0 Å². The third kappa shape index (κ3) is 2.93. The summed E-state index contributed by atoms with van der Waals surface area (Å²) in [7, 11) is 0. The number of benzene rings is 1. The Balaban J connectivity index is 2.09. The number of ether oxygens (including phenoxy) is 1. The third-order valence-electron chi connectivity index (χ3n) is 2.85. The second-order valence-electron chi connectivity index (χ2n) is 4.32. The molecule has 100 valence electrons. The molecule has 0 radical (unpaired) electrons. The number of carbonyl (C=O) groups is 1. The summed E-state index contributed by atoms with van der Waals surface area (Å²) in [5.74, 6) is 0.959. The van der Waals surface area contributed by atoms with Crippen LogP contribution in [0.3, 0.4) is 0 Å². The van der Waals surface area contributed by atoms with Gasteiger partial charge in [-0.1, -0.05) is 0 Å². The molecule has 0 amide bonds. The molecule has 0 aliphatic carbocycles. The molecule has 2 aromatic rings. The molecule has 0 fully saturated rings. The van der Waals surface area contributed by atoms with Crippen LogP contribution in [0.2, 0.25) is 0 Å². The Morgan fingerprint density at radius 2 is 2.11 bits per heavy atom. The van der Waals surface area contributed by atoms with Crippen molar-refractivity contribution in [2.75, 3.05) is 0 Å². The van der Waals surface area contributed by atoms with Gasteiger partial charge in [0.15, 0.2) is 6.61 Å². The first kappa shape index (κ1) is 13.1. The van der Waals surface area contributed by atoms with Crippen molar-refractivity contribution in [1.29, 1.82) is 0 Å². The molecule has 1 aromatic heterocycles. The normalized spacial score (nSPS) is 10.5. The minimum atomic E-state index is -0.950. The molecule has 0 atom stereocenters. The number of carboxylic acid groups (broad SMARTS) is 1. The fourth-order valence-electron chi connectivity index (χ4n) is 1.68. The van der Waals surface area contributed by atoms with Crippen molar-refractivity contribution in [3.8, 4) is 5.75 Å². The summed E-state index contributed by atoms with van der Waals surface area (Å²) in [6.45, 7) is 5.74. The van der Waals surface area contributed by atoms with Crippen LogP contribution in [0.25, 0.3) is 0 Å². The zero-order chi connectivity index (χ0) is 14.0. The third-order valence-corrected chi connectivity index (χ3v) is 2.85. The maximum Gasteiger partial charge on any atom is 0.335 e. The Kier molecular flexibility index (Phi) is 3.55. The fraction of sp³-hybridized carbons (Fsp3) is 0.286. The van der Waals surface area contributed by atoms with E-state index >= 15 is 0 Å². The van der Waals surface area contributed by atoms with Gasteiger partial charge in [0.25, 0.3) is 0 Å². The summed E-state index contributed by atoms with van der Waals surface area (Å²) in [6.07, 6.45) is 0. The van der Waals surface area contributed by atoms with Crippen LogP contribution < -0.4 is 4.74 Å². The number of nitrogens with zero attached hydrogens (tertiary/aromatic N) is 1. The summed E-state index contributed by atoms with van der Waals surface area (Å²) in [5, 5.41) is 8.88. The molecule has 0 saturated carbocycles. The molecule has 0 bridgehead atoms. The van der Waals surface area contributed by atoms with Gasteiger partial charge in [0.1, 0.15) is 11.5 Å². The predicted molar refractivity (Wildman–Crippen MR) is 68.4 cm³/mol. The van der Waals surface area contributed by atoms with Gasteiger partial charge in [-0.15, -0.1) is 0 Å². The van der Waals surface area contributed by atoms with Crippen molar-refractivity contribution in [3.63, 3.8) is 0 Å². The first-order valence-corrected chi connectivity index (χ1v) is 5.87. The van der Waals surface area contributed by atoms with Gasteiger partial charge in [-0.2, -0.15) is 0 Å². The van der Waals surface area contributed by atoms with Gasteiger partial charge in [-0.3, -0.25) is 0 Å².